The van der Waals surface area contributed by atoms with Gasteiger partial charge in [-0.2, -0.15) is 0 Å². The van der Waals surface area contributed by atoms with Crippen LogP contribution in [0.2, 0.25) is 0 Å². The van der Waals surface area contributed by atoms with Crippen LogP contribution < -0.4 is 5.90 Å². The number of hydrogen-bond donors (Lipinski definition) is 0. The number of carbonyl (C=O) groups is 1. The molecule has 0 heterocycles. The van der Waals surface area contributed by atoms with Crippen LogP contribution in [0.3, 0.4) is 0 Å². The molecule has 1 atom stereocenters. The van der Waals surface area contributed by atoms with Gasteiger partial charge in [-0.1, -0.05) is 6.92 Å². The van der Waals surface area contributed by atoms with Gasteiger partial charge in [-0.15, -0.1) is 0 Å². The molecule has 0 aliphatic rings. The Morgan fingerprint density at radius 3 is 2.42 bits per heavy atom. The minimum absolute atomic E-state index is 0.146. The van der Waals surface area contributed by atoms with Crippen LogP contribution in [0.25, 0.3) is 0 Å². The van der Waals surface area contributed by atoms with Gasteiger partial charge in [0, 0.05) is 5.90 Å². The van der Waals surface area contributed by atoms with Crippen molar-refractivity contribution in [2.24, 2.45) is 0 Å². The van der Waals surface area contributed by atoms with E-state index in [0.29, 0.717) is 0 Å². The van der Waals surface area contributed by atoms with Gasteiger partial charge in [-0.25, -0.2) is 9.63 Å². The van der Waals surface area contributed by atoms with Crippen molar-refractivity contribution in [2.75, 3.05) is 0 Å². The number of carbonyl (C=O) groups excluding carboxylic acids is 1. The van der Waals surface area contributed by atoms with Crippen LogP contribution >= 0.6 is 0 Å². The Hall–Kier alpha value is -0.610. The first-order valence-electron chi connectivity index (χ1n) is 3.97. The zero-order chi connectivity index (χ0) is 9.78. The van der Waals surface area contributed by atoms with Gasteiger partial charge in [0.2, 0.25) is 0 Å². The van der Waals surface area contributed by atoms with Gasteiger partial charge in [-0.05, 0) is 27.2 Å². The van der Waals surface area contributed by atoms with Gasteiger partial charge in [0.15, 0.2) is 5.60 Å². The van der Waals surface area contributed by atoms with Crippen molar-refractivity contribution in [3.8, 4) is 0 Å². The number of esters is 1. The van der Waals surface area contributed by atoms with Gasteiger partial charge < -0.3 is 4.74 Å². The van der Waals surface area contributed by atoms with E-state index < -0.39 is 11.6 Å². The lowest BCUT2D eigenvalue weighted by Gasteiger charge is -2.20. The third-order valence-electron chi connectivity index (χ3n) is 1.60. The van der Waals surface area contributed by atoms with E-state index in [0.717, 1.165) is 6.42 Å². The number of ether oxygens (including phenoxy) is 1. The average Bonchev–Trinajstić information content (AvgIpc) is 2.04. The Balaban J connectivity index is 4.03. The Morgan fingerprint density at radius 1 is 1.58 bits per heavy atom. The lowest BCUT2D eigenvalue weighted by atomic mass is 10.1. The van der Waals surface area contributed by atoms with Crippen molar-refractivity contribution in [3.05, 3.63) is 0 Å². The first kappa shape index (κ1) is 11.4. The predicted molar refractivity (Wildman–Crippen MR) is 43.1 cm³/mol. The van der Waals surface area contributed by atoms with Crippen molar-refractivity contribution < 1.29 is 14.4 Å². The molecule has 0 saturated carbocycles. The van der Waals surface area contributed by atoms with E-state index >= 15 is 0 Å². The van der Waals surface area contributed by atoms with Gasteiger partial charge in [0.25, 0.3) is 0 Å². The molecule has 0 amide bonds. The quantitative estimate of drug-likeness (QED) is 0.472. The fourth-order valence-electron chi connectivity index (χ4n) is 0.445. The van der Waals surface area contributed by atoms with Gasteiger partial charge in [0.05, 0.1) is 6.10 Å². The van der Waals surface area contributed by atoms with E-state index in [4.69, 9.17) is 10.6 Å². The second kappa shape index (κ2) is 4.42. The van der Waals surface area contributed by atoms with E-state index in [1.165, 1.54) is 13.8 Å². The third kappa shape index (κ3) is 3.19. The van der Waals surface area contributed by atoms with Crippen LogP contribution in [0, 0.1) is 0 Å². The zero-order valence-electron chi connectivity index (χ0n) is 7.96. The number of rotatable bonds is 4. The van der Waals surface area contributed by atoms with Gasteiger partial charge in [0.1, 0.15) is 0 Å². The highest BCUT2D eigenvalue weighted by Gasteiger charge is 2.31. The van der Waals surface area contributed by atoms with Crippen molar-refractivity contribution in [1.82, 2.24) is 5.90 Å². The minimum Gasteiger partial charge on any atom is -0.461 e. The predicted octanol–water partition coefficient (Wildman–Crippen LogP) is 1.11. The summed E-state index contributed by atoms with van der Waals surface area (Å²) in [6, 6.07) is 0. The molecule has 0 saturated heterocycles. The fraction of sp³-hybridized carbons (Fsp3) is 0.875. The SMILES string of the molecule is CCC(C)OC(=O)C(C)(C)O[N]. The average molecular weight is 173 g/mol. The maximum absolute atomic E-state index is 11.2. The standard InChI is InChI=1S/C8H15NO3/c1-5-6(2)11-7(10)8(3,4)12-9/h6H,5H2,1-4H3. The Bertz CT molecular complexity index is 156. The largest absolute Gasteiger partial charge is 0.461 e. The maximum atomic E-state index is 11.2. The van der Waals surface area contributed by atoms with E-state index in [1.54, 1.807) is 6.92 Å². The molecular formula is C8H15NO3. The molecule has 0 aromatic carbocycles. The molecule has 0 aromatic rings. The lowest BCUT2D eigenvalue weighted by Crippen LogP contribution is -2.38. The van der Waals surface area contributed by atoms with E-state index in [1.807, 2.05) is 6.92 Å². The summed E-state index contributed by atoms with van der Waals surface area (Å²) in [6.07, 6.45) is 0.597. The molecular weight excluding hydrogens is 158 g/mol. The van der Waals surface area contributed by atoms with Gasteiger partial charge in [-0.3, -0.25) is 0 Å². The molecule has 1 unspecified atom stereocenters. The summed E-state index contributed by atoms with van der Waals surface area (Å²) in [7, 11) is 0. The first-order valence-corrected chi connectivity index (χ1v) is 3.97. The zero-order valence-corrected chi connectivity index (χ0v) is 7.96. The molecule has 0 rings (SSSR count). The Kier molecular flexibility index (Phi) is 4.20. The van der Waals surface area contributed by atoms with Crippen LogP contribution in [-0.2, 0) is 14.4 Å². The van der Waals surface area contributed by atoms with Crippen LogP contribution in [0.15, 0.2) is 0 Å². The summed E-state index contributed by atoms with van der Waals surface area (Å²) < 4.78 is 4.93. The third-order valence-corrected chi connectivity index (χ3v) is 1.60. The molecule has 0 fully saturated rings. The monoisotopic (exact) mass is 173 g/mol. The van der Waals surface area contributed by atoms with Crippen molar-refractivity contribution in [2.45, 2.75) is 45.8 Å². The maximum Gasteiger partial charge on any atom is 0.340 e. The lowest BCUT2D eigenvalue weighted by molar-refractivity contribution is -0.175. The molecule has 4 nitrogen and oxygen atoms in total. The van der Waals surface area contributed by atoms with Gasteiger partial charge >= 0.3 is 5.97 Å². The van der Waals surface area contributed by atoms with E-state index in [-0.39, 0.29) is 6.10 Å². The highest BCUT2D eigenvalue weighted by molar-refractivity contribution is 5.78. The van der Waals surface area contributed by atoms with Crippen LogP contribution in [-0.4, -0.2) is 17.7 Å². The summed E-state index contributed by atoms with van der Waals surface area (Å²) in [6.45, 7) is 6.57. The topological polar surface area (TPSA) is 57.8 Å². The summed E-state index contributed by atoms with van der Waals surface area (Å²) >= 11 is 0. The van der Waals surface area contributed by atoms with Crippen molar-refractivity contribution in [3.63, 3.8) is 0 Å². The molecule has 0 spiro atoms. The Morgan fingerprint density at radius 2 is 2.08 bits per heavy atom. The summed E-state index contributed by atoms with van der Waals surface area (Å²) in [5, 5.41) is 0. The molecule has 0 aliphatic carbocycles. The summed E-state index contributed by atoms with van der Waals surface area (Å²) in [5.41, 5.74) is -1.27. The first-order chi connectivity index (χ1) is 5.44. The summed E-state index contributed by atoms with van der Waals surface area (Å²) in [5.74, 6) is 7.79. The molecule has 0 aliphatic heterocycles. The Labute approximate surface area is 73.0 Å². The molecule has 12 heavy (non-hydrogen) atoms. The van der Waals surface area contributed by atoms with Crippen LogP contribution in [0.1, 0.15) is 34.1 Å². The van der Waals surface area contributed by atoms with Crippen LogP contribution in [0.5, 0.6) is 0 Å². The highest BCUT2D eigenvalue weighted by Crippen LogP contribution is 2.11. The molecule has 2 radical (unpaired) electrons. The number of hydrogen-bond acceptors (Lipinski definition) is 3. The molecule has 0 N–H and O–H groups in total. The molecule has 70 valence electrons. The molecule has 0 aromatic heterocycles. The minimum atomic E-state index is -1.27. The van der Waals surface area contributed by atoms with Crippen molar-refractivity contribution in [1.29, 1.82) is 0 Å². The molecule has 0 bridgehead atoms. The van der Waals surface area contributed by atoms with Crippen molar-refractivity contribution >= 4 is 5.97 Å². The normalized spacial score (nSPS) is 14.1. The van der Waals surface area contributed by atoms with E-state index in [9.17, 15) is 4.79 Å². The molecule has 4 heteroatoms. The van der Waals surface area contributed by atoms with E-state index in [2.05, 4.69) is 4.84 Å². The second-order valence-electron chi connectivity index (χ2n) is 3.23. The summed E-state index contributed by atoms with van der Waals surface area (Å²) in [4.78, 5) is 15.1. The fourth-order valence-corrected chi connectivity index (χ4v) is 0.445. The van der Waals surface area contributed by atoms with Crippen LogP contribution in [0.4, 0.5) is 0 Å². The second-order valence-corrected chi connectivity index (χ2v) is 3.23. The highest BCUT2D eigenvalue weighted by atomic mass is 16.7. The smallest absolute Gasteiger partial charge is 0.340 e. The number of nitrogens with zero attached hydrogens (tertiary/aromatic N) is 1.